The number of aryl methyl sites for hydroxylation is 2. The lowest BCUT2D eigenvalue weighted by Gasteiger charge is -2.14. The van der Waals surface area contributed by atoms with Crippen LogP contribution in [-0.2, 0) is 18.8 Å². The first-order chi connectivity index (χ1) is 6.99. The molecule has 0 spiro atoms. The number of rotatable bonds is 4. The predicted molar refractivity (Wildman–Crippen MR) is 59.4 cm³/mol. The van der Waals surface area contributed by atoms with Crippen molar-refractivity contribution >= 4 is 0 Å². The fourth-order valence-corrected chi connectivity index (χ4v) is 1.74. The van der Waals surface area contributed by atoms with E-state index in [9.17, 15) is 8.78 Å². The number of hydrogen-bond acceptors (Lipinski definition) is 0. The lowest BCUT2D eigenvalue weighted by Crippen LogP contribution is -2.08. The lowest BCUT2D eigenvalue weighted by atomic mass is 9.97. The van der Waals surface area contributed by atoms with E-state index in [-0.39, 0.29) is 5.56 Å². The summed E-state index contributed by atoms with van der Waals surface area (Å²) >= 11 is 0. The molecule has 0 heterocycles. The fraction of sp³-hybridized carbons (Fsp3) is 0.538. The lowest BCUT2D eigenvalue weighted by molar-refractivity contribution is 0.0174. The zero-order chi connectivity index (χ0) is 11.5. The van der Waals surface area contributed by atoms with Crippen molar-refractivity contribution in [3.05, 3.63) is 34.9 Å². The van der Waals surface area contributed by atoms with Crippen molar-refractivity contribution in [1.29, 1.82) is 0 Å². The van der Waals surface area contributed by atoms with Crippen LogP contribution in [-0.4, -0.2) is 0 Å². The number of benzene rings is 1. The minimum absolute atomic E-state index is 0.124. The van der Waals surface area contributed by atoms with E-state index in [1.54, 1.807) is 12.1 Å². The van der Waals surface area contributed by atoms with Crippen molar-refractivity contribution in [2.75, 3.05) is 0 Å². The highest BCUT2D eigenvalue weighted by molar-refractivity contribution is 5.34. The molecule has 0 radical (unpaired) electrons. The Bertz CT molecular complexity index is 324. The Morgan fingerprint density at radius 2 is 1.80 bits per heavy atom. The molecule has 84 valence electrons. The Kier molecular flexibility index (Phi) is 3.83. The summed E-state index contributed by atoms with van der Waals surface area (Å²) in [6.45, 7) is 5.05. The zero-order valence-corrected chi connectivity index (χ0v) is 9.61. The molecule has 0 saturated heterocycles. The first kappa shape index (κ1) is 12.2. The van der Waals surface area contributed by atoms with Gasteiger partial charge in [0.2, 0.25) is 0 Å². The summed E-state index contributed by atoms with van der Waals surface area (Å²) in [6.07, 6.45) is 2.84. The minimum atomic E-state index is -2.73. The third kappa shape index (κ3) is 3.01. The number of hydrogen-bond donors (Lipinski definition) is 0. The molecule has 0 amide bonds. The average molecular weight is 212 g/mol. The molecule has 0 N–H and O–H groups in total. The molecule has 0 unspecified atom stereocenters. The molecule has 0 fully saturated rings. The Morgan fingerprint density at radius 3 is 2.27 bits per heavy atom. The van der Waals surface area contributed by atoms with Crippen LogP contribution in [0.1, 0.15) is 43.9 Å². The van der Waals surface area contributed by atoms with Crippen molar-refractivity contribution in [3.8, 4) is 0 Å². The van der Waals surface area contributed by atoms with Crippen LogP contribution >= 0.6 is 0 Å². The van der Waals surface area contributed by atoms with Gasteiger partial charge in [0.25, 0.3) is 5.92 Å². The van der Waals surface area contributed by atoms with Crippen LogP contribution in [0.15, 0.2) is 18.2 Å². The maximum absolute atomic E-state index is 13.1. The summed E-state index contributed by atoms with van der Waals surface area (Å²) in [5, 5.41) is 0. The molecule has 0 atom stereocenters. The Hall–Kier alpha value is -0.920. The summed E-state index contributed by atoms with van der Waals surface area (Å²) in [6, 6.07) is 5.03. The van der Waals surface area contributed by atoms with Gasteiger partial charge in [0.1, 0.15) is 0 Å². The molecule has 1 rings (SSSR count). The first-order valence-electron chi connectivity index (χ1n) is 5.49. The van der Waals surface area contributed by atoms with Gasteiger partial charge in [-0.3, -0.25) is 0 Å². The van der Waals surface area contributed by atoms with Gasteiger partial charge in [-0.25, -0.2) is 8.78 Å². The summed E-state index contributed by atoms with van der Waals surface area (Å²) in [5.41, 5.74) is 2.38. The van der Waals surface area contributed by atoms with Gasteiger partial charge >= 0.3 is 0 Å². The highest BCUT2D eigenvalue weighted by Gasteiger charge is 2.24. The smallest absolute Gasteiger partial charge is 0.202 e. The summed E-state index contributed by atoms with van der Waals surface area (Å²) in [4.78, 5) is 0. The Balaban J connectivity index is 3.08. The topological polar surface area (TPSA) is 0 Å². The minimum Gasteiger partial charge on any atom is -0.202 e. The van der Waals surface area contributed by atoms with E-state index >= 15 is 0 Å². The monoisotopic (exact) mass is 212 g/mol. The van der Waals surface area contributed by atoms with Crippen LogP contribution < -0.4 is 0 Å². The van der Waals surface area contributed by atoms with Gasteiger partial charge in [-0.2, -0.15) is 0 Å². The van der Waals surface area contributed by atoms with Crippen molar-refractivity contribution < 1.29 is 8.78 Å². The Morgan fingerprint density at radius 1 is 1.13 bits per heavy atom. The second-order valence-electron chi connectivity index (χ2n) is 3.98. The van der Waals surface area contributed by atoms with Gasteiger partial charge in [0, 0.05) is 12.5 Å². The maximum atomic E-state index is 13.1. The van der Waals surface area contributed by atoms with E-state index in [1.165, 1.54) is 5.56 Å². The second kappa shape index (κ2) is 4.73. The standard InChI is InChI=1S/C13H18F2/c1-4-6-11-7-8-12(13(3,14)15)9-10(11)5-2/h7-9H,4-6H2,1-3H3. The van der Waals surface area contributed by atoms with Gasteiger partial charge in [-0.1, -0.05) is 32.4 Å². The quantitative estimate of drug-likeness (QED) is 0.697. The molecule has 2 heteroatoms. The summed E-state index contributed by atoms with van der Waals surface area (Å²) in [7, 11) is 0. The first-order valence-corrected chi connectivity index (χ1v) is 5.49. The molecule has 0 saturated carbocycles. The molecule has 0 aliphatic heterocycles. The molecule has 0 aromatic heterocycles. The van der Waals surface area contributed by atoms with E-state index in [4.69, 9.17) is 0 Å². The SMILES string of the molecule is CCCc1ccc(C(C)(F)F)cc1CC. The van der Waals surface area contributed by atoms with Crippen LogP contribution in [0.5, 0.6) is 0 Å². The molecule has 0 aliphatic rings. The van der Waals surface area contributed by atoms with Crippen LogP contribution in [0.3, 0.4) is 0 Å². The van der Waals surface area contributed by atoms with Gasteiger partial charge < -0.3 is 0 Å². The van der Waals surface area contributed by atoms with Crippen molar-refractivity contribution in [2.24, 2.45) is 0 Å². The Labute approximate surface area is 90.3 Å². The maximum Gasteiger partial charge on any atom is 0.270 e. The van der Waals surface area contributed by atoms with Crippen LogP contribution in [0.4, 0.5) is 8.78 Å². The largest absolute Gasteiger partial charge is 0.270 e. The molecule has 15 heavy (non-hydrogen) atoms. The zero-order valence-electron chi connectivity index (χ0n) is 9.61. The van der Waals surface area contributed by atoms with Gasteiger partial charge in [0.15, 0.2) is 0 Å². The van der Waals surface area contributed by atoms with E-state index in [0.29, 0.717) is 0 Å². The van der Waals surface area contributed by atoms with Gasteiger partial charge in [-0.05, 0) is 30.0 Å². The summed E-state index contributed by atoms with van der Waals surface area (Å²) in [5.74, 6) is -2.73. The van der Waals surface area contributed by atoms with Gasteiger partial charge in [0.05, 0.1) is 0 Å². The number of alkyl halides is 2. The summed E-state index contributed by atoms with van der Waals surface area (Å²) < 4.78 is 26.2. The molecular formula is C13H18F2. The van der Waals surface area contributed by atoms with Crippen LogP contribution in [0, 0.1) is 0 Å². The van der Waals surface area contributed by atoms with E-state index in [0.717, 1.165) is 31.7 Å². The van der Waals surface area contributed by atoms with Crippen molar-refractivity contribution in [1.82, 2.24) is 0 Å². The molecule has 1 aromatic rings. The molecule has 0 bridgehead atoms. The van der Waals surface area contributed by atoms with E-state index in [1.807, 2.05) is 13.0 Å². The van der Waals surface area contributed by atoms with Crippen molar-refractivity contribution in [2.45, 2.75) is 46.0 Å². The van der Waals surface area contributed by atoms with Crippen molar-refractivity contribution in [3.63, 3.8) is 0 Å². The molecule has 0 nitrogen and oxygen atoms in total. The fourth-order valence-electron chi connectivity index (χ4n) is 1.74. The third-order valence-electron chi connectivity index (χ3n) is 2.61. The second-order valence-corrected chi connectivity index (χ2v) is 3.98. The average Bonchev–Trinajstić information content (AvgIpc) is 2.17. The van der Waals surface area contributed by atoms with E-state index < -0.39 is 5.92 Å². The van der Waals surface area contributed by atoms with Crippen LogP contribution in [0.2, 0.25) is 0 Å². The highest BCUT2D eigenvalue weighted by atomic mass is 19.3. The third-order valence-corrected chi connectivity index (χ3v) is 2.61. The highest BCUT2D eigenvalue weighted by Crippen LogP contribution is 2.29. The normalized spacial score (nSPS) is 11.8. The molecule has 0 aliphatic carbocycles. The van der Waals surface area contributed by atoms with Gasteiger partial charge in [-0.15, -0.1) is 0 Å². The number of halogens is 2. The predicted octanol–water partition coefficient (Wildman–Crippen LogP) is 4.31. The molecular weight excluding hydrogens is 194 g/mol. The molecule has 1 aromatic carbocycles. The van der Waals surface area contributed by atoms with Crippen LogP contribution in [0.25, 0.3) is 0 Å². The van der Waals surface area contributed by atoms with E-state index in [2.05, 4.69) is 6.92 Å².